The normalized spacial score (nSPS) is 13.0. The summed E-state index contributed by atoms with van der Waals surface area (Å²) in [5.74, 6) is -0.192. The van der Waals surface area contributed by atoms with E-state index < -0.39 is 5.41 Å². The number of carbonyl (C=O) groups excluding carboxylic acids is 1. The molecule has 0 fully saturated rings. The second kappa shape index (κ2) is 8.63. The summed E-state index contributed by atoms with van der Waals surface area (Å²) in [4.78, 5) is 12.0. The summed E-state index contributed by atoms with van der Waals surface area (Å²) in [7, 11) is 0. The molecule has 3 nitrogen and oxygen atoms in total. The van der Waals surface area contributed by atoms with Gasteiger partial charge in [0.25, 0.3) is 0 Å². The Hall–Kier alpha value is -1.60. The van der Waals surface area contributed by atoms with Gasteiger partial charge in [-0.25, -0.2) is 0 Å². The first-order valence-electron chi connectivity index (χ1n) is 7.22. The van der Waals surface area contributed by atoms with Gasteiger partial charge in [0.2, 0.25) is 0 Å². The molecule has 4 heteroatoms. The Kier molecular flexibility index (Phi) is 7.18. The molecule has 1 rings (SSSR count). The number of hydrogen-bond donors (Lipinski definition) is 0. The van der Waals surface area contributed by atoms with Gasteiger partial charge in [-0.05, 0) is 68.5 Å². The number of nitriles is 1. The van der Waals surface area contributed by atoms with Crippen LogP contribution in [0.5, 0.6) is 0 Å². The number of thiophene rings is 1. The van der Waals surface area contributed by atoms with Crippen molar-refractivity contribution >= 4 is 23.4 Å². The minimum absolute atomic E-state index is 0.192. The van der Waals surface area contributed by atoms with E-state index in [2.05, 4.69) is 11.4 Å². The van der Waals surface area contributed by atoms with Crippen molar-refractivity contribution in [2.45, 2.75) is 52.6 Å². The lowest BCUT2D eigenvalue weighted by Crippen LogP contribution is -2.27. The van der Waals surface area contributed by atoms with E-state index in [1.165, 1.54) is 0 Å². The average molecular weight is 305 g/mol. The number of rotatable bonds is 7. The van der Waals surface area contributed by atoms with Crippen molar-refractivity contribution in [1.82, 2.24) is 0 Å². The van der Waals surface area contributed by atoms with Crippen LogP contribution in [0.2, 0.25) is 0 Å². The maximum atomic E-state index is 12.0. The van der Waals surface area contributed by atoms with Crippen LogP contribution in [-0.2, 0) is 9.53 Å². The molecule has 0 bridgehead atoms. The number of carbonyl (C=O) groups is 1. The zero-order valence-electron chi connectivity index (χ0n) is 13.0. The summed E-state index contributed by atoms with van der Waals surface area (Å²) in [6, 6.07) is 4.16. The van der Waals surface area contributed by atoms with E-state index in [1.807, 2.05) is 44.4 Å². The summed E-state index contributed by atoms with van der Waals surface area (Å²) >= 11 is 1.64. The fourth-order valence-electron chi connectivity index (χ4n) is 1.65. The molecule has 0 saturated carbocycles. The molecule has 1 heterocycles. The van der Waals surface area contributed by atoms with E-state index >= 15 is 0 Å². The zero-order valence-corrected chi connectivity index (χ0v) is 13.8. The van der Waals surface area contributed by atoms with Crippen LogP contribution in [0.15, 0.2) is 22.9 Å². The van der Waals surface area contributed by atoms with Crippen molar-refractivity contribution in [3.05, 3.63) is 28.5 Å². The highest BCUT2D eigenvalue weighted by Gasteiger charge is 2.25. The molecule has 21 heavy (non-hydrogen) atoms. The maximum Gasteiger partial charge on any atom is 0.311 e. The van der Waals surface area contributed by atoms with Gasteiger partial charge in [0.15, 0.2) is 0 Å². The summed E-state index contributed by atoms with van der Waals surface area (Å²) in [6.45, 7) is 5.56. The summed E-state index contributed by atoms with van der Waals surface area (Å²) < 4.78 is 5.59. The van der Waals surface area contributed by atoms with Gasteiger partial charge >= 0.3 is 5.97 Å². The molecular formula is C17H23NO2S. The quantitative estimate of drug-likeness (QED) is 0.537. The molecule has 0 aliphatic rings. The first-order chi connectivity index (χ1) is 9.93. The van der Waals surface area contributed by atoms with Crippen molar-refractivity contribution in [3.63, 3.8) is 0 Å². The van der Waals surface area contributed by atoms with Gasteiger partial charge in [-0.3, -0.25) is 4.79 Å². The predicted molar refractivity (Wildman–Crippen MR) is 86.8 cm³/mol. The van der Waals surface area contributed by atoms with E-state index in [0.29, 0.717) is 6.42 Å². The first-order valence-corrected chi connectivity index (χ1v) is 8.16. The summed E-state index contributed by atoms with van der Waals surface area (Å²) in [6.07, 6.45) is 6.73. The van der Waals surface area contributed by atoms with Crippen molar-refractivity contribution < 1.29 is 9.53 Å². The Labute approximate surface area is 131 Å². The van der Waals surface area contributed by atoms with Crippen molar-refractivity contribution in [3.8, 4) is 6.07 Å². The Morgan fingerprint density at radius 1 is 1.48 bits per heavy atom. The Bertz CT molecular complexity index is 492. The second-order valence-corrected chi connectivity index (χ2v) is 6.79. The monoisotopic (exact) mass is 305 g/mol. The molecule has 0 spiro atoms. The summed E-state index contributed by atoms with van der Waals surface area (Å²) in [5.41, 5.74) is 0.620. The minimum atomic E-state index is -0.499. The Balaban J connectivity index is 2.61. The van der Waals surface area contributed by atoms with E-state index in [9.17, 15) is 4.79 Å². The van der Waals surface area contributed by atoms with Gasteiger partial charge in [-0.1, -0.05) is 6.08 Å². The molecule has 114 valence electrons. The Morgan fingerprint density at radius 2 is 2.24 bits per heavy atom. The number of unbranched alkanes of at least 4 members (excludes halogenated alkanes) is 2. The standard InChI is InChI=1S/C17H23NO2S/c1-17(2,3)16(19)20-15(7-5-4-6-11-18)9-8-14-10-12-21-13-14/h8-10,12-13,15H,4-7H2,1-3H3/b9-8+/t15-/m1/s1. The van der Waals surface area contributed by atoms with Gasteiger partial charge in [0.05, 0.1) is 11.5 Å². The molecule has 1 aromatic rings. The van der Waals surface area contributed by atoms with Crippen LogP contribution in [0.25, 0.3) is 6.08 Å². The molecule has 0 amide bonds. The van der Waals surface area contributed by atoms with Crippen molar-refractivity contribution in [2.75, 3.05) is 0 Å². The second-order valence-electron chi connectivity index (χ2n) is 6.01. The number of hydrogen-bond acceptors (Lipinski definition) is 4. The number of nitrogens with zero attached hydrogens (tertiary/aromatic N) is 1. The van der Waals surface area contributed by atoms with Gasteiger partial charge in [0, 0.05) is 6.42 Å². The van der Waals surface area contributed by atoms with E-state index in [1.54, 1.807) is 11.3 Å². The molecule has 0 aromatic carbocycles. The maximum absolute atomic E-state index is 12.0. The van der Waals surface area contributed by atoms with Gasteiger partial charge in [-0.15, -0.1) is 0 Å². The molecule has 0 radical (unpaired) electrons. The van der Waals surface area contributed by atoms with E-state index in [4.69, 9.17) is 10.00 Å². The third kappa shape index (κ3) is 7.10. The number of ether oxygens (including phenoxy) is 1. The minimum Gasteiger partial charge on any atom is -0.458 e. The topological polar surface area (TPSA) is 50.1 Å². The highest BCUT2D eigenvalue weighted by molar-refractivity contribution is 7.08. The van der Waals surface area contributed by atoms with E-state index in [0.717, 1.165) is 24.8 Å². The largest absolute Gasteiger partial charge is 0.458 e. The van der Waals surface area contributed by atoms with Gasteiger partial charge < -0.3 is 4.74 Å². The molecule has 0 aliphatic carbocycles. The number of esters is 1. The van der Waals surface area contributed by atoms with Crippen LogP contribution < -0.4 is 0 Å². The highest BCUT2D eigenvalue weighted by atomic mass is 32.1. The molecule has 0 N–H and O–H groups in total. The van der Waals surface area contributed by atoms with E-state index in [-0.39, 0.29) is 12.1 Å². The lowest BCUT2D eigenvalue weighted by Gasteiger charge is -2.21. The molecule has 1 atom stereocenters. The molecule has 0 saturated heterocycles. The third-order valence-electron chi connectivity index (χ3n) is 2.94. The van der Waals surface area contributed by atoms with Crippen molar-refractivity contribution in [2.24, 2.45) is 5.41 Å². The van der Waals surface area contributed by atoms with Crippen LogP contribution in [0, 0.1) is 16.7 Å². The SMILES string of the molecule is CC(C)(C)C(=O)O[C@@H](/C=C/c1ccsc1)CCCCC#N. The van der Waals surface area contributed by atoms with Gasteiger partial charge in [0.1, 0.15) is 6.10 Å². The molecule has 0 unspecified atom stereocenters. The fourth-order valence-corrected chi connectivity index (χ4v) is 2.28. The lowest BCUT2D eigenvalue weighted by molar-refractivity contribution is -0.156. The van der Waals surface area contributed by atoms with Crippen LogP contribution >= 0.6 is 11.3 Å². The molecular weight excluding hydrogens is 282 g/mol. The van der Waals surface area contributed by atoms with Crippen molar-refractivity contribution in [1.29, 1.82) is 5.26 Å². The van der Waals surface area contributed by atoms with Crippen LogP contribution in [0.1, 0.15) is 52.0 Å². The smallest absolute Gasteiger partial charge is 0.311 e. The van der Waals surface area contributed by atoms with Crippen LogP contribution in [-0.4, -0.2) is 12.1 Å². The zero-order chi connectivity index (χ0) is 15.7. The average Bonchev–Trinajstić information content (AvgIpc) is 2.92. The Morgan fingerprint density at radius 3 is 2.81 bits per heavy atom. The van der Waals surface area contributed by atoms with Crippen LogP contribution in [0.4, 0.5) is 0 Å². The fraction of sp³-hybridized carbons (Fsp3) is 0.529. The predicted octanol–water partition coefficient (Wildman–Crippen LogP) is 4.80. The molecule has 0 aliphatic heterocycles. The lowest BCUT2D eigenvalue weighted by atomic mass is 9.97. The van der Waals surface area contributed by atoms with Gasteiger partial charge in [-0.2, -0.15) is 16.6 Å². The van der Waals surface area contributed by atoms with Crippen LogP contribution in [0.3, 0.4) is 0 Å². The highest BCUT2D eigenvalue weighted by Crippen LogP contribution is 2.19. The summed E-state index contributed by atoms with van der Waals surface area (Å²) in [5, 5.41) is 12.6. The molecule has 1 aromatic heterocycles. The first kappa shape index (κ1) is 17.5. The third-order valence-corrected chi connectivity index (χ3v) is 3.65.